The number of aromatic hydroxyl groups is 1. The van der Waals surface area contributed by atoms with Crippen molar-refractivity contribution < 1.29 is 10.0 Å². The lowest BCUT2D eigenvalue weighted by molar-refractivity contribution is -0.930. The Morgan fingerprint density at radius 3 is 2.19 bits per heavy atom. The van der Waals surface area contributed by atoms with Gasteiger partial charge in [0.15, 0.2) is 0 Å². The molecule has 1 fully saturated rings. The quantitative estimate of drug-likeness (QED) is 0.900. The van der Waals surface area contributed by atoms with Crippen molar-refractivity contribution in [1.82, 2.24) is 0 Å². The average molecular weight is 283 g/mol. The van der Waals surface area contributed by atoms with Crippen LogP contribution >= 0.6 is 0 Å². The molecule has 0 amide bonds. The molecule has 0 aromatic heterocycles. The van der Waals surface area contributed by atoms with Gasteiger partial charge in [0.2, 0.25) is 0 Å². The molecule has 3 nitrogen and oxygen atoms in total. The minimum absolute atomic E-state index is 0.334. The van der Waals surface area contributed by atoms with Gasteiger partial charge in [-0.2, -0.15) is 0 Å². The Morgan fingerprint density at radius 2 is 1.57 bits per heavy atom. The van der Waals surface area contributed by atoms with Gasteiger partial charge in [-0.1, -0.05) is 30.3 Å². The number of hydrogen-bond acceptors (Lipinski definition) is 2. The smallest absolute Gasteiger partial charge is 0.115 e. The highest BCUT2D eigenvalue weighted by atomic mass is 16.3. The lowest BCUT2D eigenvalue weighted by Crippen LogP contribution is -3.14. The predicted molar refractivity (Wildman–Crippen MR) is 85.9 cm³/mol. The normalized spacial score (nSPS) is 17.7. The molecule has 1 aliphatic rings. The first kappa shape index (κ1) is 14.0. The molecular weight excluding hydrogens is 260 g/mol. The average Bonchev–Trinajstić information content (AvgIpc) is 2.56. The first-order chi connectivity index (χ1) is 10.2. The van der Waals surface area contributed by atoms with Gasteiger partial charge in [0.1, 0.15) is 11.8 Å². The topological polar surface area (TPSA) is 27.9 Å². The van der Waals surface area contributed by atoms with Crippen LogP contribution in [0.4, 0.5) is 5.69 Å². The van der Waals surface area contributed by atoms with Gasteiger partial charge in [0.25, 0.3) is 0 Å². The van der Waals surface area contributed by atoms with E-state index >= 15 is 0 Å². The number of phenolic OH excluding ortho intramolecular Hbond substituents is 1. The van der Waals surface area contributed by atoms with Crippen molar-refractivity contribution in [2.45, 2.75) is 13.0 Å². The fraction of sp³-hybridized carbons (Fsp3) is 0.333. The number of nitrogens with zero attached hydrogens (tertiary/aromatic N) is 1. The summed E-state index contributed by atoms with van der Waals surface area (Å²) in [7, 11) is 0. The van der Waals surface area contributed by atoms with E-state index in [4.69, 9.17) is 0 Å². The summed E-state index contributed by atoms with van der Waals surface area (Å²) in [6.07, 6.45) is 0. The van der Waals surface area contributed by atoms with Crippen LogP contribution in [0.1, 0.15) is 18.5 Å². The number of anilines is 1. The molecule has 21 heavy (non-hydrogen) atoms. The van der Waals surface area contributed by atoms with Crippen LogP contribution in [0, 0.1) is 0 Å². The molecule has 0 saturated carbocycles. The highest BCUT2D eigenvalue weighted by Crippen LogP contribution is 2.18. The Kier molecular flexibility index (Phi) is 4.11. The minimum Gasteiger partial charge on any atom is -0.508 e. The zero-order valence-electron chi connectivity index (χ0n) is 12.5. The van der Waals surface area contributed by atoms with Crippen LogP contribution in [0.25, 0.3) is 0 Å². The van der Waals surface area contributed by atoms with E-state index in [2.05, 4.69) is 42.2 Å². The van der Waals surface area contributed by atoms with Crippen LogP contribution in [0.5, 0.6) is 5.75 Å². The molecule has 0 bridgehead atoms. The monoisotopic (exact) mass is 283 g/mol. The lowest BCUT2D eigenvalue weighted by atomic mass is 10.1. The van der Waals surface area contributed by atoms with E-state index in [1.54, 1.807) is 17.0 Å². The van der Waals surface area contributed by atoms with E-state index < -0.39 is 0 Å². The van der Waals surface area contributed by atoms with E-state index in [-0.39, 0.29) is 0 Å². The highest BCUT2D eigenvalue weighted by Gasteiger charge is 2.25. The molecule has 110 valence electrons. The standard InChI is InChI=1S/C18H22N2O/c1-15(16-5-3-2-4-6-16)19-11-13-20(14-12-19)17-7-9-18(21)10-8-17/h2-10,15,21H,11-14H2,1H3/p+1/t15-/m0/s1. The summed E-state index contributed by atoms with van der Waals surface area (Å²) in [5.41, 5.74) is 2.63. The van der Waals surface area contributed by atoms with E-state index in [0.29, 0.717) is 11.8 Å². The Morgan fingerprint density at radius 1 is 0.952 bits per heavy atom. The predicted octanol–water partition coefficient (Wildman–Crippen LogP) is 1.86. The third-order valence-electron chi connectivity index (χ3n) is 4.53. The van der Waals surface area contributed by atoms with Crippen molar-refractivity contribution >= 4 is 5.69 Å². The molecule has 0 unspecified atom stereocenters. The summed E-state index contributed by atoms with van der Waals surface area (Å²) >= 11 is 0. The zero-order chi connectivity index (χ0) is 14.7. The van der Waals surface area contributed by atoms with Crippen molar-refractivity contribution in [3.8, 4) is 5.75 Å². The molecule has 1 atom stereocenters. The van der Waals surface area contributed by atoms with E-state index in [9.17, 15) is 5.11 Å². The molecule has 2 N–H and O–H groups in total. The van der Waals surface area contributed by atoms with Gasteiger partial charge >= 0.3 is 0 Å². The second kappa shape index (κ2) is 6.19. The summed E-state index contributed by atoms with van der Waals surface area (Å²) in [5.74, 6) is 0.334. The molecule has 2 aromatic carbocycles. The fourth-order valence-electron chi connectivity index (χ4n) is 3.13. The van der Waals surface area contributed by atoms with Gasteiger partial charge < -0.3 is 14.9 Å². The number of hydrogen-bond donors (Lipinski definition) is 2. The Labute approximate surface area is 126 Å². The van der Waals surface area contributed by atoms with E-state index in [1.165, 1.54) is 11.3 Å². The summed E-state index contributed by atoms with van der Waals surface area (Å²) in [5, 5.41) is 9.37. The summed E-state index contributed by atoms with van der Waals surface area (Å²) in [4.78, 5) is 4.05. The molecule has 2 aromatic rings. The number of nitrogens with one attached hydrogen (secondary N) is 1. The summed E-state index contributed by atoms with van der Waals surface area (Å²) in [6.45, 7) is 6.75. The van der Waals surface area contributed by atoms with Gasteiger partial charge in [-0.05, 0) is 31.2 Å². The molecule has 1 aliphatic heterocycles. The van der Waals surface area contributed by atoms with Crippen LogP contribution in [0.2, 0.25) is 0 Å². The Balaban J connectivity index is 1.61. The van der Waals surface area contributed by atoms with Crippen LogP contribution < -0.4 is 9.80 Å². The van der Waals surface area contributed by atoms with Gasteiger partial charge in [-0.15, -0.1) is 0 Å². The van der Waals surface area contributed by atoms with Crippen molar-refractivity contribution in [3.05, 3.63) is 60.2 Å². The van der Waals surface area contributed by atoms with Gasteiger partial charge in [-0.25, -0.2) is 0 Å². The highest BCUT2D eigenvalue weighted by molar-refractivity contribution is 5.48. The molecule has 1 heterocycles. The zero-order valence-corrected chi connectivity index (χ0v) is 12.5. The first-order valence-electron chi connectivity index (χ1n) is 7.67. The Bertz CT molecular complexity index is 560. The van der Waals surface area contributed by atoms with Crippen LogP contribution in [0.15, 0.2) is 54.6 Å². The van der Waals surface area contributed by atoms with Crippen molar-refractivity contribution in [1.29, 1.82) is 0 Å². The maximum Gasteiger partial charge on any atom is 0.115 e. The molecule has 3 rings (SSSR count). The van der Waals surface area contributed by atoms with Crippen molar-refractivity contribution in [2.24, 2.45) is 0 Å². The van der Waals surface area contributed by atoms with Gasteiger partial charge in [0.05, 0.1) is 26.2 Å². The molecular formula is C18H23N2O+. The maximum absolute atomic E-state index is 9.37. The van der Waals surface area contributed by atoms with E-state index in [0.717, 1.165) is 26.2 Å². The lowest BCUT2D eigenvalue weighted by Gasteiger charge is -2.36. The second-order valence-electron chi connectivity index (χ2n) is 5.79. The maximum atomic E-state index is 9.37. The largest absolute Gasteiger partial charge is 0.508 e. The number of benzene rings is 2. The summed E-state index contributed by atoms with van der Waals surface area (Å²) < 4.78 is 0. The SMILES string of the molecule is C[C@@H](c1ccccc1)[NH+]1CCN(c2ccc(O)cc2)CC1. The van der Waals surface area contributed by atoms with Crippen LogP contribution in [-0.2, 0) is 0 Å². The number of quaternary nitrogens is 1. The first-order valence-corrected chi connectivity index (χ1v) is 7.67. The van der Waals surface area contributed by atoms with Crippen LogP contribution in [0.3, 0.4) is 0 Å². The third kappa shape index (κ3) is 3.19. The minimum atomic E-state index is 0.334. The third-order valence-corrected chi connectivity index (χ3v) is 4.53. The molecule has 1 saturated heterocycles. The second-order valence-corrected chi connectivity index (χ2v) is 5.79. The molecule has 0 aliphatic carbocycles. The van der Waals surface area contributed by atoms with Crippen molar-refractivity contribution in [2.75, 3.05) is 31.1 Å². The molecule has 3 heteroatoms. The van der Waals surface area contributed by atoms with Gasteiger partial charge in [0, 0.05) is 11.3 Å². The Hall–Kier alpha value is -2.00. The van der Waals surface area contributed by atoms with Crippen LogP contribution in [-0.4, -0.2) is 31.3 Å². The molecule has 0 radical (unpaired) electrons. The fourth-order valence-corrected chi connectivity index (χ4v) is 3.13. The number of piperazine rings is 1. The molecule has 0 spiro atoms. The number of rotatable bonds is 3. The number of phenols is 1. The summed E-state index contributed by atoms with van der Waals surface area (Å²) in [6, 6.07) is 18.9. The van der Waals surface area contributed by atoms with E-state index in [1.807, 2.05) is 12.1 Å². The van der Waals surface area contributed by atoms with Gasteiger partial charge in [-0.3, -0.25) is 0 Å². The van der Waals surface area contributed by atoms with Crippen molar-refractivity contribution in [3.63, 3.8) is 0 Å².